The molecule has 0 rings (SSSR count). The summed E-state index contributed by atoms with van der Waals surface area (Å²) in [6.45, 7) is 0.744. The molecule has 0 aromatic rings. The molecule has 0 aromatic carbocycles. The Morgan fingerprint density at radius 3 is 1.74 bits per heavy atom. The second kappa shape index (κ2) is 12.7. The fourth-order valence-electron chi connectivity index (χ4n) is 0.714. The molecule has 0 saturated heterocycles. The molecule has 0 radical (unpaired) electrons. The van der Waals surface area contributed by atoms with Gasteiger partial charge in [0.2, 0.25) is 0 Å². The number of carbonyl (C=O) groups is 3. The van der Waals surface area contributed by atoms with Crippen LogP contribution in [-0.4, -0.2) is 72.2 Å². The van der Waals surface area contributed by atoms with Crippen molar-refractivity contribution in [3.8, 4) is 0 Å². The number of aliphatic carboxylic acids is 3. The smallest absolute Gasteiger partial charge is 0.329 e. The van der Waals surface area contributed by atoms with Crippen molar-refractivity contribution in [2.45, 2.75) is 6.10 Å². The third kappa shape index (κ3) is 14.2. The largest absolute Gasteiger partial charge is 0.547 e. The van der Waals surface area contributed by atoms with Crippen molar-refractivity contribution in [3.63, 3.8) is 0 Å². The third-order valence-electron chi connectivity index (χ3n) is 1.47. The van der Waals surface area contributed by atoms with E-state index in [9.17, 15) is 24.6 Å². The van der Waals surface area contributed by atoms with E-state index in [2.05, 4.69) is 4.74 Å². The number of hydrogen-bond acceptors (Lipinski definition) is 8. The number of nitrogens with two attached hydrogens (primary N) is 1. The molecule has 5 N–H and O–H groups in total. The van der Waals surface area contributed by atoms with Gasteiger partial charge in [-0.2, -0.15) is 0 Å². The lowest BCUT2D eigenvalue weighted by Crippen LogP contribution is -2.85. The highest BCUT2D eigenvalue weighted by atomic mass is 16.5. The van der Waals surface area contributed by atoms with Gasteiger partial charge in [-0.1, -0.05) is 0 Å². The monoisotopic (exact) mass is 282 g/mol. The maximum absolute atomic E-state index is 9.90. The number of rotatable bonds is 9. The van der Waals surface area contributed by atoms with Gasteiger partial charge in [0.25, 0.3) is 0 Å². The molecule has 112 valence electrons. The van der Waals surface area contributed by atoms with E-state index in [-0.39, 0.29) is 13.2 Å². The molecule has 0 aromatic heterocycles. The van der Waals surface area contributed by atoms with Gasteiger partial charge in [0.15, 0.2) is 0 Å². The van der Waals surface area contributed by atoms with Gasteiger partial charge in [-0.05, 0) is 0 Å². The van der Waals surface area contributed by atoms with E-state index < -0.39 is 30.6 Å². The van der Waals surface area contributed by atoms with E-state index in [0.29, 0.717) is 13.1 Å². The van der Waals surface area contributed by atoms with Crippen LogP contribution in [0.1, 0.15) is 0 Å². The van der Waals surface area contributed by atoms with Crippen LogP contribution in [0.15, 0.2) is 0 Å². The summed E-state index contributed by atoms with van der Waals surface area (Å²) in [5, 5.41) is 46.0. The van der Waals surface area contributed by atoms with Crippen molar-refractivity contribution in [2.24, 2.45) is 0 Å². The van der Waals surface area contributed by atoms with Gasteiger partial charge in [-0.25, -0.2) is 4.79 Å². The Morgan fingerprint density at radius 1 is 1.05 bits per heavy atom. The Labute approximate surface area is 108 Å². The van der Waals surface area contributed by atoms with Crippen LogP contribution in [0.4, 0.5) is 0 Å². The highest BCUT2D eigenvalue weighted by molar-refractivity contribution is 5.94. The Balaban J connectivity index is 0. The van der Waals surface area contributed by atoms with Gasteiger partial charge < -0.3 is 45.2 Å². The molecule has 19 heavy (non-hydrogen) atoms. The lowest BCUT2D eigenvalue weighted by atomic mass is 10.4. The lowest BCUT2D eigenvalue weighted by molar-refractivity contribution is -0.657. The molecule has 0 atom stereocenters. The number of aliphatic hydroxyl groups excluding tert-OH is 2. The Kier molecular flexibility index (Phi) is 13.1. The average Bonchev–Trinajstić information content (AvgIpc) is 2.29. The van der Waals surface area contributed by atoms with Crippen LogP contribution < -0.4 is 15.5 Å². The summed E-state index contributed by atoms with van der Waals surface area (Å²) >= 11 is 0. The fraction of sp³-hybridized carbons (Fsp3) is 0.667. The number of carboxylic acids is 3. The van der Waals surface area contributed by atoms with Gasteiger partial charge >= 0.3 is 5.97 Å². The summed E-state index contributed by atoms with van der Waals surface area (Å²) in [4.78, 5) is 29.6. The number of hydrogen-bond donors (Lipinski definition) is 4. The fourth-order valence-corrected chi connectivity index (χ4v) is 0.714. The SMILES string of the molecule is O=C(O)COC(C(=O)[O-])C(=O)[O-].OCC[NH2+]CCO. The summed E-state index contributed by atoms with van der Waals surface area (Å²) in [7, 11) is 0. The third-order valence-corrected chi connectivity index (χ3v) is 1.47. The minimum atomic E-state index is -2.35. The topological polar surface area (TPSA) is 184 Å². The molecule has 0 saturated carbocycles. The molecule has 10 heteroatoms. The van der Waals surface area contributed by atoms with Crippen molar-refractivity contribution in [3.05, 3.63) is 0 Å². The molecule has 0 aliphatic rings. The molecule has 0 fully saturated rings. The summed E-state index contributed by atoms with van der Waals surface area (Å²) in [5.74, 6) is -5.57. The molecular formula is C9H16NO9-. The predicted octanol–water partition coefficient (Wildman–Crippen LogP) is -6.51. The van der Waals surface area contributed by atoms with Gasteiger partial charge in [-0.3, -0.25) is 0 Å². The van der Waals surface area contributed by atoms with Crippen LogP contribution in [0.5, 0.6) is 0 Å². The normalized spacial score (nSPS) is 9.63. The number of aliphatic hydroxyl groups is 2. The average molecular weight is 282 g/mol. The zero-order valence-electron chi connectivity index (χ0n) is 9.98. The summed E-state index contributed by atoms with van der Waals surface area (Å²) in [6.07, 6.45) is -2.35. The molecule has 10 nitrogen and oxygen atoms in total. The van der Waals surface area contributed by atoms with Crippen molar-refractivity contribution in [1.82, 2.24) is 0 Å². The number of carbonyl (C=O) groups excluding carboxylic acids is 2. The second-order valence-electron chi connectivity index (χ2n) is 3.04. The lowest BCUT2D eigenvalue weighted by Gasteiger charge is -2.17. The Bertz CT molecular complexity index is 263. The summed E-state index contributed by atoms with van der Waals surface area (Å²) in [5.41, 5.74) is 0. The summed E-state index contributed by atoms with van der Waals surface area (Å²) in [6, 6.07) is 0. The van der Waals surface area contributed by atoms with Crippen molar-refractivity contribution in [1.29, 1.82) is 0 Å². The van der Waals surface area contributed by atoms with Crippen molar-refractivity contribution >= 4 is 17.9 Å². The van der Waals surface area contributed by atoms with Crippen molar-refractivity contribution < 1.29 is 50.0 Å². The first-order valence-electron chi connectivity index (χ1n) is 5.15. The van der Waals surface area contributed by atoms with E-state index in [0.717, 1.165) is 0 Å². The highest BCUT2D eigenvalue weighted by Crippen LogP contribution is 1.88. The second-order valence-corrected chi connectivity index (χ2v) is 3.04. The van der Waals surface area contributed by atoms with Crippen LogP contribution in [0.2, 0.25) is 0 Å². The highest BCUT2D eigenvalue weighted by Gasteiger charge is 2.12. The van der Waals surface area contributed by atoms with Crippen molar-refractivity contribution in [2.75, 3.05) is 32.9 Å². The molecule has 0 aliphatic carbocycles. The number of carboxylic acid groups (broad SMARTS) is 3. The number of ether oxygens (including phenoxy) is 1. The molecule has 0 amide bonds. The minimum absolute atomic E-state index is 0.194. The van der Waals surface area contributed by atoms with Crippen LogP contribution >= 0.6 is 0 Å². The first kappa shape index (κ1) is 19.6. The standard InChI is InChI=1S/C5H6O7.C4H11NO2/c6-2(7)1-12-3(4(8)9)5(10)11;6-3-1-5-2-4-7/h3H,1H2,(H,6,7)(H,8,9)(H,10,11);5-7H,1-4H2/p-1. The zero-order valence-corrected chi connectivity index (χ0v) is 9.98. The van der Waals surface area contributed by atoms with E-state index in [1.165, 1.54) is 0 Å². The van der Waals surface area contributed by atoms with E-state index in [1.54, 1.807) is 0 Å². The maximum Gasteiger partial charge on any atom is 0.329 e. The van der Waals surface area contributed by atoms with Gasteiger partial charge in [0.05, 0.1) is 38.2 Å². The maximum atomic E-state index is 9.90. The Hall–Kier alpha value is -1.75. The van der Waals surface area contributed by atoms with Crippen LogP contribution in [0, 0.1) is 0 Å². The predicted molar refractivity (Wildman–Crippen MR) is 53.2 cm³/mol. The van der Waals surface area contributed by atoms with Gasteiger partial charge in [0.1, 0.15) is 12.7 Å². The van der Waals surface area contributed by atoms with E-state index in [1.807, 2.05) is 5.32 Å². The van der Waals surface area contributed by atoms with Gasteiger partial charge in [-0.15, -0.1) is 0 Å². The molecule has 0 bridgehead atoms. The van der Waals surface area contributed by atoms with E-state index in [4.69, 9.17) is 15.3 Å². The van der Waals surface area contributed by atoms with Gasteiger partial charge in [0, 0.05) is 0 Å². The first-order chi connectivity index (χ1) is 8.86. The Morgan fingerprint density at radius 2 is 1.47 bits per heavy atom. The van der Waals surface area contributed by atoms with Crippen LogP contribution in [0.25, 0.3) is 0 Å². The quantitative estimate of drug-likeness (QED) is 0.236. The van der Waals surface area contributed by atoms with E-state index >= 15 is 0 Å². The first-order valence-corrected chi connectivity index (χ1v) is 5.15. The minimum Gasteiger partial charge on any atom is -0.547 e. The van der Waals surface area contributed by atoms with Crippen LogP contribution in [0.3, 0.4) is 0 Å². The molecule has 0 heterocycles. The zero-order chi connectivity index (χ0) is 15.3. The van der Waals surface area contributed by atoms with Crippen LogP contribution in [-0.2, 0) is 19.1 Å². The molecule has 0 spiro atoms. The molecule has 0 aliphatic heterocycles. The molecular weight excluding hydrogens is 266 g/mol. The molecule has 0 unspecified atom stereocenters. The number of quaternary nitrogens is 1. The summed E-state index contributed by atoms with van der Waals surface area (Å²) < 4.78 is 3.90.